The molecule has 1 atom stereocenters. The molecule has 2 fully saturated rings. The van der Waals surface area contributed by atoms with Gasteiger partial charge in [-0.15, -0.1) is 0 Å². The first-order valence-corrected chi connectivity index (χ1v) is 12.5. The third kappa shape index (κ3) is 4.64. The highest BCUT2D eigenvalue weighted by molar-refractivity contribution is 6.33. The number of nitrogens with one attached hydrogen (secondary N) is 1. The van der Waals surface area contributed by atoms with E-state index in [0.717, 1.165) is 62.3 Å². The van der Waals surface area contributed by atoms with Crippen molar-refractivity contribution in [1.29, 1.82) is 0 Å². The number of piperidine rings is 1. The number of aromatic amines is 1. The number of hydrogen-bond acceptors (Lipinski definition) is 4. The summed E-state index contributed by atoms with van der Waals surface area (Å²) in [6, 6.07) is 10.9. The Balaban J connectivity index is 1.32. The molecule has 0 unspecified atom stereocenters. The lowest BCUT2D eigenvalue weighted by Crippen LogP contribution is -2.53. The van der Waals surface area contributed by atoms with Crippen molar-refractivity contribution >= 4 is 34.2 Å². The minimum atomic E-state index is -0.319. The molecule has 2 aromatic carbocycles. The molecule has 0 saturated carbocycles. The molecule has 34 heavy (non-hydrogen) atoms. The average Bonchev–Trinajstić information content (AvgIpc) is 3.27. The number of H-pyrrole nitrogens is 1. The number of aromatic nitrogens is 2. The first-order chi connectivity index (χ1) is 16.4. The van der Waals surface area contributed by atoms with Gasteiger partial charge in [0.25, 0.3) is 0 Å². The minimum absolute atomic E-state index is 0.00709. The molecule has 1 N–H and O–H groups in total. The number of halogens is 2. The highest BCUT2D eigenvalue weighted by Gasteiger charge is 2.31. The molecule has 1 amide bonds. The first kappa shape index (κ1) is 23.1. The molecule has 1 aromatic heterocycles. The summed E-state index contributed by atoms with van der Waals surface area (Å²) in [4.78, 5) is 27.8. The van der Waals surface area contributed by atoms with Crippen molar-refractivity contribution in [2.45, 2.75) is 32.7 Å². The van der Waals surface area contributed by atoms with Gasteiger partial charge < -0.3 is 14.8 Å². The number of amides is 1. The van der Waals surface area contributed by atoms with Crippen LogP contribution >= 0.6 is 11.6 Å². The number of hydrogen-bond donors (Lipinski definition) is 1. The fourth-order valence-electron chi connectivity index (χ4n) is 5.13. The van der Waals surface area contributed by atoms with Gasteiger partial charge in [0, 0.05) is 62.6 Å². The van der Waals surface area contributed by atoms with E-state index in [2.05, 4.69) is 33.6 Å². The van der Waals surface area contributed by atoms with Crippen molar-refractivity contribution in [1.82, 2.24) is 19.8 Å². The Labute approximate surface area is 204 Å². The fraction of sp³-hybridized carbons (Fsp3) is 0.462. The van der Waals surface area contributed by atoms with E-state index in [1.165, 1.54) is 12.1 Å². The van der Waals surface area contributed by atoms with Crippen LogP contribution in [0.25, 0.3) is 22.4 Å². The summed E-state index contributed by atoms with van der Waals surface area (Å²) >= 11 is 6.53. The molecule has 6 nitrogen and oxygen atoms in total. The summed E-state index contributed by atoms with van der Waals surface area (Å²) in [7, 11) is 0. The average molecular weight is 484 g/mol. The van der Waals surface area contributed by atoms with E-state index in [4.69, 9.17) is 11.6 Å². The summed E-state index contributed by atoms with van der Waals surface area (Å²) in [5, 5.41) is 0.580. The molecule has 0 aliphatic carbocycles. The van der Waals surface area contributed by atoms with Crippen LogP contribution in [0.3, 0.4) is 0 Å². The minimum Gasteiger partial charge on any atom is -0.371 e. The Morgan fingerprint density at radius 1 is 1.12 bits per heavy atom. The monoisotopic (exact) mass is 483 g/mol. The van der Waals surface area contributed by atoms with Gasteiger partial charge in [-0.2, -0.15) is 0 Å². The molecule has 5 rings (SSSR count). The second-order valence-corrected chi connectivity index (χ2v) is 10.1. The maximum absolute atomic E-state index is 13.6. The third-order valence-electron chi connectivity index (χ3n) is 7.14. The van der Waals surface area contributed by atoms with Gasteiger partial charge in [-0.3, -0.25) is 9.69 Å². The van der Waals surface area contributed by atoms with E-state index < -0.39 is 0 Å². The molecule has 0 spiro atoms. The van der Waals surface area contributed by atoms with Gasteiger partial charge in [-0.1, -0.05) is 11.6 Å². The number of rotatable bonds is 4. The zero-order chi connectivity index (χ0) is 23.8. The van der Waals surface area contributed by atoms with E-state index in [1.807, 2.05) is 23.1 Å². The molecular formula is C26H31ClFN5O. The van der Waals surface area contributed by atoms with Crippen LogP contribution in [0.15, 0.2) is 36.4 Å². The van der Waals surface area contributed by atoms with Gasteiger partial charge in [0.15, 0.2) is 0 Å². The molecule has 8 heteroatoms. The lowest BCUT2D eigenvalue weighted by molar-refractivity contribution is -0.137. The smallest absolute Gasteiger partial charge is 0.227 e. The van der Waals surface area contributed by atoms with Crippen LogP contribution in [0.2, 0.25) is 5.02 Å². The maximum atomic E-state index is 13.6. The summed E-state index contributed by atoms with van der Waals surface area (Å²) < 4.78 is 13.6. The first-order valence-electron chi connectivity index (χ1n) is 12.1. The molecule has 2 aliphatic heterocycles. The molecule has 3 heterocycles. The Kier molecular flexibility index (Phi) is 6.49. The van der Waals surface area contributed by atoms with Crippen molar-refractivity contribution in [3.05, 3.63) is 47.2 Å². The van der Waals surface area contributed by atoms with Crippen molar-refractivity contribution in [3.8, 4) is 11.4 Å². The lowest BCUT2D eigenvalue weighted by atomic mass is 9.95. The van der Waals surface area contributed by atoms with Crippen molar-refractivity contribution in [3.63, 3.8) is 0 Å². The molecule has 2 saturated heterocycles. The highest BCUT2D eigenvalue weighted by atomic mass is 35.5. The Hall–Kier alpha value is -2.64. The van der Waals surface area contributed by atoms with Crippen LogP contribution in [0.4, 0.5) is 10.1 Å². The SMILES string of the molecule is CC(C)N1CCN(C(=O)[C@H]2CCCN(c3ccc(Cl)c(-c4nc5cc(F)ccc5[nH]4)c3)C2)CC1. The zero-order valence-corrected chi connectivity index (χ0v) is 20.5. The maximum Gasteiger partial charge on any atom is 0.227 e. The Morgan fingerprint density at radius 2 is 1.91 bits per heavy atom. The van der Waals surface area contributed by atoms with E-state index in [9.17, 15) is 9.18 Å². The molecular weight excluding hydrogens is 453 g/mol. The van der Waals surface area contributed by atoms with Gasteiger partial charge in [0.2, 0.25) is 5.91 Å². The van der Waals surface area contributed by atoms with Crippen LogP contribution in [-0.4, -0.2) is 71.0 Å². The second-order valence-electron chi connectivity index (χ2n) is 9.65. The summed E-state index contributed by atoms with van der Waals surface area (Å²) in [6.45, 7) is 9.54. The number of fused-ring (bicyclic) bond motifs is 1. The Bertz CT molecular complexity index is 1190. The van der Waals surface area contributed by atoms with Crippen LogP contribution in [0.1, 0.15) is 26.7 Å². The quantitative estimate of drug-likeness (QED) is 0.579. The van der Waals surface area contributed by atoms with Gasteiger partial charge in [-0.05, 0) is 57.0 Å². The van der Waals surface area contributed by atoms with Crippen LogP contribution in [-0.2, 0) is 4.79 Å². The number of nitrogens with zero attached hydrogens (tertiary/aromatic N) is 4. The van der Waals surface area contributed by atoms with E-state index in [1.54, 1.807) is 6.07 Å². The van der Waals surface area contributed by atoms with Gasteiger partial charge >= 0.3 is 0 Å². The van der Waals surface area contributed by atoms with Crippen molar-refractivity contribution < 1.29 is 9.18 Å². The normalized spacial score (nSPS) is 19.9. The number of imidazole rings is 1. The second kappa shape index (κ2) is 9.55. The number of carbonyl (C=O) groups is 1. The molecule has 0 radical (unpaired) electrons. The van der Waals surface area contributed by atoms with Gasteiger partial charge in [-0.25, -0.2) is 9.37 Å². The van der Waals surface area contributed by atoms with Crippen LogP contribution in [0.5, 0.6) is 0 Å². The topological polar surface area (TPSA) is 55.5 Å². The number of piperazine rings is 1. The van der Waals surface area contributed by atoms with E-state index in [0.29, 0.717) is 29.0 Å². The summed E-state index contributed by atoms with van der Waals surface area (Å²) in [5.41, 5.74) is 3.12. The number of benzene rings is 2. The zero-order valence-electron chi connectivity index (χ0n) is 19.7. The molecule has 180 valence electrons. The molecule has 2 aliphatic rings. The van der Waals surface area contributed by atoms with Gasteiger partial charge in [0.05, 0.1) is 22.0 Å². The van der Waals surface area contributed by atoms with Crippen LogP contribution < -0.4 is 4.90 Å². The Morgan fingerprint density at radius 3 is 2.68 bits per heavy atom. The molecule has 0 bridgehead atoms. The fourth-order valence-corrected chi connectivity index (χ4v) is 5.34. The third-order valence-corrected chi connectivity index (χ3v) is 7.47. The highest BCUT2D eigenvalue weighted by Crippen LogP contribution is 2.33. The lowest BCUT2D eigenvalue weighted by Gasteiger charge is -2.40. The predicted octanol–water partition coefficient (Wildman–Crippen LogP) is 4.79. The summed E-state index contributed by atoms with van der Waals surface area (Å²) in [5.74, 6) is 0.578. The number of carbonyl (C=O) groups excluding carboxylic acids is 1. The predicted molar refractivity (Wildman–Crippen MR) is 135 cm³/mol. The van der Waals surface area contributed by atoms with E-state index in [-0.39, 0.29) is 17.6 Å². The van der Waals surface area contributed by atoms with E-state index >= 15 is 0 Å². The van der Waals surface area contributed by atoms with Gasteiger partial charge in [0.1, 0.15) is 11.6 Å². The van der Waals surface area contributed by atoms with Crippen molar-refractivity contribution in [2.75, 3.05) is 44.2 Å². The number of anilines is 1. The molecule has 3 aromatic rings. The van der Waals surface area contributed by atoms with Crippen LogP contribution in [0, 0.1) is 11.7 Å². The standard InChI is InChI=1S/C26H31ClFN5O/c1-17(2)31-10-12-32(13-11-31)26(34)18-4-3-9-33(16-18)20-6-7-22(27)21(15-20)25-29-23-8-5-19(28)14-24(23)30-25/h5-8,14-15,17-18H,3-4,9-13,16H2,1-2H3,(H,29,30)/t18-/m0/s1. The van der Waals surface area contributed by atoms with Crippen molar-refractivity contribution in [2.24, 2.45) is 5.92 Å². The summed E-state index contributed by atoms with van der Waals surface area (Å²) in [6.07, 6.45) is 1.90. The largest absolute Gasteiger partial charge is 0.371 e.